The molecule has 1 aromatic heterocycles. The summed E-state index contributed by atoms with van der Waals surface area (Å²) in [5, 5.41) is 12.2. The number of tetrazole rings is 1. The summed E-state index contributed by atoms with van der Waals surface area (Å²) < 4.78 is 7.20. The van der Waals surface area contributed by atoms with Crippen molar-refractivity contribution in [3.05, 3.63) is 18.2 Å². The Morgan fingerprint density at radius 1 is 1.43 bits per heavy atom. The van der Waals surface area contributed by atoms with Crippen LogP contribution in [0.1, 0.15) is 38.6 Å². The molecule has 1 aliphatic rings. The van der Waals surface area contributed by atoms with Gasteiger partial charge < -0.3 is 10.5 Å². The number of hydrogen-bond acceptors (Lipinski definition) is 5. The van der Waals surface area contributed by atoms with Crippen LogP contribution in [-0.2, 0) is 0 Å². The number of benzene rings is 1. The molecule has 1 aliphatic carbocycles. The normalized spacial score (nSPS) is 15.9. The van der Waals surface area contributed by atoms with Crippen molar-refractivity contribution >= 4 is 5.69 Å². The monoisotopic (exact) mass is 287 g/mol. The first-order chi connectivity index (χ1) is 10.2. The summed E-state index contributed by atoms with van der Waals surface area (Å²) in [5.74, 6) is 2.30. The van der Waals surface area contributed by atoms with E-state index in [1.165, 1.54) is 12.8 Å². The van der Waals surface area contributed by atoms with Gasteiger partial charge in [-0.25, -0.2) is 4.68 Å². The number of ether oxygens (including phenoxy) is 1. The first kappa shape index (κ1) is 13.9. The van der Waals surface area contributed by atoms with Crippen molar-refractivity contribution in [3.63, 3.8) is 0 Å². The van der Waals surface area contributed by atoms with Crippen LogP contribution in [-0.4, -0.2) is 27.3 Å². The third-order valence-electron chi connectivity index (χ3n) is 4.11. The second-order valence-electron chi connectivity index (χ2n) is 5.64. The van der Waals surface area contributed by atoms with Crippen LogP contribution in [0.15, 0.2) is 18.2 Å². The highest BCUT2D eigenvalue weighted by atomic mass is 16.5. The van der Waals surface area contributed by atoms with E-state index >= 15 is 0 Å². The number of methoxy groups -OCH3 is 1. The summed E-state index contributed by atoms with van der Waals surface area (Å²) in [7, 11) is 1.64. The third-order valence-corrected chi connectivity index (χ3v) is 4.11. The number of anilines is 1. The van der Waals surface area contributed by atoms with Crippen molar-refractivity contribution in [2.24, 2.45) is 5.92 Å². The highest BCUT2D eigenvalue weighted by Crippen LogP contribution is 2.39. The minimum atomic E-state index is 0.327. The average Bonchev–Trinajstić information content (AvgIpc) is 3.20. The van der Waals surface area contributed by atoms with Gasteiger partial charge in [0.15, 0.2) is 5.82 Å². The summed E-state index contributed by atoms with van der Waals surface area (Å²) in [6, 6.07) is 5.89. The van der Waals surface area contributed by atoms with Gasteiger partial charge >= 0.3 is 0 Å². The zero-order chi connectivity index (χ0) is 14.8. The highest BCUT2D eigenvalue weighted by molar-refractivity contribution is 5.73. The van der Waals surface area contributed by atoms with E-state index in [1.807, 2.05) is 22.9 Å². The first-order valence-electron chi connectivity index (χ1n) is 7.44. The summed E-state index contributed by atoms with van der Waals surface area (Å²) in [6.45, 7) is 2.17. The van der Waals surface area contributed by atoms with Gasteiger partial charge in [-0.2, -0.15) is 0 Å². The van der Waals surface area contributed by atoms with Gasteiger partial charge in [0, 0.05) is 11.3 Å². The lowest BCUT2D eigenvalue weighted by atomic mass is 10.1. The minimum absolute atomic E-state index is 0.327. The molecule has 1 atom stereocenters. The second kappa shape index (κ2) is 5.71. The minimum Gasteiger partial charge on any atom is -0.497 e. The van der Waals surface area contributed by atoms with Crippen LogP contribution in [0.2, 0.25) is 0 Å². The Morgan fingerprint density at radius 3 is 2.90 bits per heavy atom. The molecule has 0 spiro atoms. The smallest absolute Gasteiger partial charge is 0.184 e. The molecule has 6 heteroatoms. The Morgan fingerprint density at radius 2 is 2.24 bits per heavy atom. The lowest BCUT2D eigenvalue weighted by molar-refractivity contribution is 0.388. The van der Waals surface area contributed by atoms with Gasteiger partial charge in [-0.05, 0) is 47.4 Å². The molecule has 1 unspecified atom stereocenters. The van der Waals surface area contributed by atoms with Crippen LogP contribution < -0.4 is 10.5 Å². The van der Waals surface area contributed by atoms with Gasteiger partial charge in [-0.15, -0.1) is 5.10 Å². The van der Waals surface area contributed by atoms with E-state index in [0.29, 0.717) is 11.7 Å². The van der Waals surface area contributed by atoms with E-state index < -0.39 is 0 Å². The van der Waals surface area contributed by atoms with Gasteiger partial charge in [0.05, 0.1) is 13.2 Å². The van der Waals surface area contributed by atoms with Crippen LogP contribution in [0.5, 0.6) is 5.75 Å². The Balaban J connectivity index is 1.97. The van der Waals surface area contributed by atoms with Crippen molar-refractivity contribution in [2.75, 3.05) is 12.8 Å². The molecule has 0 amide bonds. The van der Waals surface area contributed by atoms with Gasteiger partial charge in [-0.3, -0.25) is 0 Å². The van der Waals surface area contributed by atoms with Crippen LogP contribution in [0.3, 0.4) is 0 Å². The van der Waals surface area contributed by atoms with Crippen LogP contribution in [0.4, 0.5) is 5.69 Å². The standard InChI is InChI=1S/C15H21N5O/c1-3-11(8-10-4-5-10)20-15(17-18-19-20)13-9-12(21-2)6-7-14(13)16/h6-7,9-11H,3-5,8,16H2,1-2H3. The largest absolute Gasteiger partial charge is 0.497 e. The number of hydrogen-bond donors (Lipinski definition) is 1. The Kier molecular flexibility index (Phi) is 3.77. The molecule has 0 saturated heterocycles. The molecule has 2 N–H and O–H groups in total. The summed E-state index contributed by atoms with van der Waals surface area (Å²) in [6.07, 6.45) is 4.81. The summed E-state index contributed by atoms with van der Waals surface area (Å²) in [4.78, 5) is 0. The Labute approximate surface area is 124 Å². The molecule has 0 aliphatic heterocycles. The molecule has 1 aromatic carbocycles. The van der Waals surface area contributed by atoms with Gasteiger partial charge in [0.1, 0.15) is 5.75 Å². The number of rotatable bonds is 6. The van der Waals surface area contributed by atoms with Crippen molar-refractivity contribution < 1.29 is 4.74 Å². The van der Waals surface area contributed by atoms with E-state index in [9.17, 15) is 0 Å². The maximum atomic E-state index is 6.10. The number of nitrogens with two attached hydrogens (primary N) is 1. The van der Waals surface area contributed by atoms with E-state index in [4.69, 9.17) is 10.5 Å². The van der Waals surface area contributed by atoms with Crippen molar-refractivity contribution in [3.8, 4) is 17.1 Å². The van der Waals surface area contributed by atoms with E-state index in [1.54, 1.807) is 7.11 Å². The van der Waals surface area contributed by atoms with Crippen LogP contribution in [0, 0.1) is 5.92 Å². The predicted molar refractivity (Wildman–Crippen MR) is 80.9 cm³/mol. The van der Waals surface area contributed by atoms with Gasteiger partial charge in [0.2, 0.25) is 0 Å². The Hall–Kier alpha value is -2.11. The number of aromatic nitrogens is 4. The summed E-state index contributed by atoms with van der Waals surface area (Å²) >= 11 is 0. The van der Waals surface area contributed by atoms with E-state index in [-0.39, 0.29) is 0 Å². The fraction of sp³-hybridized carbons (Fsp3) is 0.533. The molecule has 1 saturated carbocycles. The maximum Gasteiger partial charge on any atom is 0.184 e. The molecule has 0 bridgehead atoms. The van der Waals surface area contributed by atoms with Crippen LogP contribution >= 0.6 is 0 Å². The molecule has 2 aromatic rings. The second-order valence-corrected chi connectivity index (χ2v) is 5.64. The lowest BCUT2D eigenvalue weighted by Crippen LogP contribution is -2.13. The molecule has 6 nitrogen and oxygen atoms in total. The van der Waals surface area contributed by atoms with E-state index in [2.05, 4.69) is 22.4 Å². The molecular weight excluding hydrogens is 266 g/mol. The highest BCUT2D eigenvalue weighted by Gasteiger charge is 2.28. The SMILES string of the molecule is CCC(CC1CC1)n1nnnc1-c1cc(OC)ccc1N. The molecule has 112 valence electrons. The fourth-order valence-electron chi connectivity index (χ4n) is 2.65. The van der Waals surface area contributed by atoms with Gasteiger partial charge in [-0.1, -0.05) is 19.8 Å². The lowest BCUT2D eigenvalue weighted by Gasteiger charge is -2.17. The molecule has 0 radical (unpaired) electrons. The van der Waals surface area contributed by atoms with Crippen LogP contribution in [0.25, 0.3) is 11.4 Å². The molecule has 1 heterocycles. The molecule has 1 fully saturated rings. The predicted octanol–water partition coefficient (Wildman–Crippen LogP) is 2.68. The van der Waals surface area contributed by atoms with E-state index in [0.717, 1.165) is 35.9 Å². The average molecular weight is 287 g/mol. The number of nitrogen functional groups attached to an aromatic ring is 1. The van der Waals surface area contributed by atoms with Crippen molar-refractivity contribution in [2.45, 2.75) is 38.6 Å². The third kappa shape index (κ3) is 2.84. The topological polar surface area (TPSA) is 78.8 Å². The molecule has 3 rings (SSSR count). The quantitative estimate of drug-likeness (QED) is 0.826. The van der Waals surface area contributed by atoms with Gasteiger partial charge in [0.25, 0.3) is 0 Å². The molecule has 21 heavy (non-hydrogen) atoms. The Bertz CT molecular complexity index is 620. The first-order valence-corrected chi connectivity index (χ1v) is 7.44. The number of nitrogens with zero attached hydrogens (tertiary/aromatic N) is 4. The summed E-state index contributed by atoms with van der Waals surface area (Å²) in [5.41, 5.74) is 7.58. The zero-order valence-corrected chi connectivity index (χ0v) is 12.5. The van der Waals surface area contributed by atoms with Crippen molar-refractivity contribution in [1.29, 1.82) is 0 Å². The maximum absolute atomic E-state index is 6.10. The molecular formula is C15H21N5O. The zero-order valence-electron chi connectivity index (χ0n) is 12.5. The van der Waals surface area contributed by atoms with Crippen molar-refractivity contribution in [1.82, 2.24) is 20.2 Å². The fourth-order valence-corrected chi connectivity index (χ4v) is 2.65.